The highest BCUT2D eigenvalue weighted by Crippen LogP contribution is 2.56. The fourth-order valence-electron chi connectivity index (χ4n) is 14.2. The number of benzene rings is 3. The molecule has 11 rings (SSSR count). The Hall–Kier alpha value is -6.47. The molecule has 0 atom stereocenters. The van der Waals surface area contributed by atoms with Crippen LogP contribution < -0.4 is 24.6 Å². The van der Waals surface area contributed by atoms with Crippen molar-refractivity contribution in [3.63, 3.8) is 0 Å². The number of hydrogen-bond acceptors (Lipinski definition) is 10. The minimum Gasteiger partial charge on any atom is -0.495 e. The summed E-state index contributed by atoms with van der Waals surface area (Å²) in [6.45, 7) is 16.0. The van der Waals surface area contributed by atoms with Gasteiger partial charge in [0.2, 0.25) is 5.91 Å². The van der Waals surface area contributed by atoms with Crippen LogP contribution in [-0.4, -0.2) is 106 Å². The molecule has 16 heteroatoms. The highest BCUT2D eigenvalue weighted by molar-refractivity contribution is 5.95. The van der Waals surface area contributed by atoms with Gasteiger partial charge >= 0.3 is 0 Å². The van der Waals surface area contributed by atoms with Crippen LogP contribution >= 0.6 is 0 Å². The molecule has 2 saturated heterocycles. The number of anilines is 3. The summed E-state index contributed by atoms with van der Waals surface area (Å²) in [6.07, 6.45) is 9.75. The average Bonchev–Trinajstić information content (AvgIpc) is 4.01. The molecular formula is C58H70F2N10O4. The first-order valence-electron chi connectivity index (χ1n) is 26.7. The summed E-state index contributed by atoms with van der Waals surface area (Å²) < 4.78 is 45.5. The number of likely N-dealkylation sites (tertiary alicyclic amines) is 1. The van der Waals surface area contributed by atoms with Crippen molar-refractivity contribution in [3.8, 4) is 28.7 Å². The Morgan fingerprint density at radius 1 is 0.919 bits per heavy atom. The fraction of sp³-hybridized carbons (Fsp3) is 0.534. The Balaban J connectivity index is 0.721. The number of aromatic nitrogens is 4. The summed E-state index contributed by atoms with van der Waals surface area (Å²) in [6, 6.07) is 19.6. The number of fused-ring (bicyclic) bond motifs is 2. The van der Waals surface area contributed by atoms with Gasteiger partial charge in [0.05, 0.1) is 31.5 Å². The van der Waals surface area contributed by atoms with Gasteiger partial charge in [0.15, 0.2) is 5.82 Å². The summed E-state index contributed by atoms with van der Waals surface area (Å²) in [7, 11) is 3.34. The van der Waals surface area contributed by atoms with E-state index in [0.717, 1.165) is 99.4 Å². The lowest BCUT2D eigenvalue weighted by Crippen LogP contribution is -2.74. The number of hydrogen-bond donors (Lipinski definition) is 1. The molecule has 2 amide bonds. The summed E-state index contributed by atoms with van der Waals surface area (Å²) in [5.74, 6) is 1.84. The number of alkyl halides is 2. The summed E-state index contributed by atoms with van der Waals surface area (Å²) in [5.41, 5.74) is 7.03. The van der Waals surface area contributed by atoms with Gasteiger partial charge in [-0.15, -0.1) is 0 Å². The topological polar surface area (TPSA) is 137 Å². The molecule has 1 spiro atoms. The fourth-order valence-corrected chi connectivity index (χ4v) is 14.2. The second-order valence-corrected chi connectivity index (χ2v) is 23.3. The number of rotatable bonds is 11. The molecule has 2 aliphatic carbocycles. The minimum absolute atomic E-state index is 0.00334. The average molecular weight is 1010 g/mol. The van der Waals surface area contributed by atoms with Crippen LogP contribution in [0.15, 0.2) is 67.0 Å². The molecule has 1 N–H and O–H groups in total. The number of carbonyl (C=O) groups excluding carboxylic acids is 2. The number of nitriles is 1. The zero-order valence-corrected chi connectivity index (χ0v) is 44.0. The van der Waals surface area contributed by atoms with Crippen LogP contribution in [-0.2, 0) is 31.2 Å². The van der Waals surface area contributed by atoms with Crippen LogP contribution in [0.2, 0.25) is 0 Å². The normalized spacial score (nSPS) is 22.4. The third-order valence-corrected chi connectivity index (χ3v) is 18.0. The van der Waals surface area contributed by atoms with Gasteiger partial charge in [-0.25, -0.2) is 8.78 Å². The van der Waals surface area contributed by atoms with Crippen LogP contribution in [0.3, 0.4) is 0 Å². The van der Waals surface area contributed by atoms with E-state index in [1.165, 1.54) is 18.5 Å². The zero-order chi connectivity index (χ0) is 51.8. The highest BCUT2D eigenvalue weighted by Gasteiger charge is 2.64. The molecule has 5 aromatic rings. The number of nitrogens with zero attached hydrogens (tertiary/aromatic N) is 9. The molecule has 390 valence electrons. The van der Waals surface area contributed by atoms with Crippen LogP contribution in [0.5, 0.6) is 11.5 Å². The van der Waals surface area contributed by atoms with Crippen molar-refractivity contribution in [2.45, 2.75) is 130 Å². The van der Waals surface area contributed by atoms with E-state index < -0.39 is 6.43 Å². The number of piperidine rings is 1. The van der Waals surface area contributed by atoms with Gasteiger partial charge < -0.3 is 29.5 Å². The molecule has 74 heavy (non-hydrogen) atoms. The molecule has 3 aromatic carbocycles. The van der Waals surface area contributed by atoms with E-state index in [1.54, 1.807) is 62.4 Å². The maximum absolute atomic E-state index is 14.9. The van der Waals surface area contributed by atoms with Crippen LogP contribution in [0.4, 0.5) is 26.0 Å². The number of carbonyl (C=O) groups is 2. The van der Waals surface area contributed by atoms with Gasteiger partial charge in [-0.05, 0) is 123 Å². The predicted octanol–water partition coefficient (Wildman–Crippen LogP) is 9.79. The monoisotopic (exact) mass is 1010 g/mol. The molecule has 4 fully saturated rings. The first-order chi connectivity index (χ1) is 35.5. The highest BCUT2D eigenvalue weighted by atomic mass is 19.3. The second kappa shape index (κ2) is 19.0. The minimum atomic E-state index is -2.66. The number of aryl methyl sites for hydroxylation is 2. The van der Waals surface area contributed by atoms with Crippen molar-refractivity contribution >= 4 is 29.0 Å². The van der Waals surface area contributed by atoms with Crippen molar-refractivity contribution in [1.29, 1.82) is 5.26 Å². The number of nitrogens with one attached hydrogen (secondary N) is 1. The van der Waals surface area contributed by atoms with Crippen molar-refractivity contribution < 1.29 is 27.8 Å². The van der Waals surface area contributed by atoms with Crippen molar-refractivity contribution in [3.05, 3.63) is 101 Å². The summed E-state index contributed by atoms with van der Waals surface area (Å²) in [4.78, 5) is 35.7. The molecule has 0 radical (unpaired) electrons. The number of halogens is 2. The van der Waals surface area contributed by atoms with Crippen LogP contribution in [0.25, 0.3) is 11.1 Å². The Kier molecular flexibility index (Phi) is 12.8. The molecule has 0 bridgehead atoms. The van der Waals surface area contributed by atoms with E-state index in [1.807, 2.05) is 23.1 Å². The first-order valence-corrected chi connectivity index (χ1v) is 26.7. The number of methoxy groups -OCH3 is 1. The third kappa shape index (κ3) is 8.76. The molecule has 0 unspecified atom stereocenters. The Morgan fingerprint density at radius 3 is 2.35 bits per heavy atom. The van der Waals surface area contributed by atoms with Gasteiger partial charge in [-0.3, -0.25) is 23.9 Å². The van der Waals surface area contributed by atoms with Gasteiger partial charge in [-0.2, -0.15) is 15.5 Å². The Morgan fingerprint density at radius 2 is 1.68 bits per heavy atom. The van der Waals surface area contributed by atoms with E-state index in [4.69, 9.17) is 14.6 Å². The molecule has 6 aliphatic rings. The van der Waals surface area contributed by atoms with Crippen LogP contribution in [0, 0.1) is 27.6 Å². The van der Waals surface area contributed by atoms with E-state index in [9.17, 15) is 23.6 Å². The zero-order valence-electron chi connectivity index (χ0n) is 44.0. The lowest BCUT2D eigenvalue weighted by atomic mass is 9.49. The molecule has 6 heterocycles. The molecular weight excluding hydrogens is 939 g/mol. The van der Waals surface area contributed by atoms with Crippen molar-refractivity contribution in [2.75, 3.05) is 56.2 Å². The lowest BCUT2D eigenvalue weighted by molar-refractivity contribution is -0.164. The van der Waals surface area contributed by atoms with E-state index >= 15 is 0 Å². The Labute approximate surface area is 433 Å². The number of ether oxygens (including phenoxy) is 2. The summed E-state index contributed by atoms with van der Waals surface area (Å²) in [5, 5.41) is 22.5. The van der Waals surface area contributed by atoms with Gasteiger partial charge in [-0.1, -0.05) is 27.7 Å². The standard InChI is InChI=1S/C58H70F2N10O4/c1-36(71)66-25-19-48-47(34-66)52(69-24-8-10-38-26-45(40-30-62-65(6)31-40)46(51(59)60)28-49(38)69)64-70(48)42-17-21-58(22-18-42)20-9-23-67(35-58)43-32-68(33-43)41-14-11-37(12-15-41)53(72)63-54-56(2,3)55(57(54,4)5)74-44-16-13-39(29-61)50(27-44)73-7/h11-16,26-28,30-31,42-43,51,54-55H,8-10,17-25,32-35H2,1-7H3,(H,63,72). The van der Waals surface area contributed by atoms with E-state index in [0.29, 0.717) is 59.4 Å². The molecule has 2 saturated carbocycles. The molecule has 4 aliphatic heterocycles. The third-order valence-electron chi connectivity index (χ3n) is 18.0. The lowest BCUT2D eigenvalue weighted by Gasteiger charge is -2.63. The smallest absolute Gasteiger partial charge is 0.264 e. The predicted molar refractivity (Wildman–Crippen MR) is 280 cm³/mol. The largest absolute Gasteiger partial charge is 0.495 e. The quantitative estimate of drug-likeness (QED) is 0.136. The molecule has 14 nitrogen and oxygen atoms in total. The number of amides is 2. The van der Waals surface area contributed by atoms with Gasteiger partial charge in [0.1, 0.15) is 23.7 Å². The van der Waals surface area contributed by atoms with E-state index in [-0.39, 0.29) is 51.8 Å². The maximum Gasteiger partial charge on any atom is 0.264 e. The molecule has 2 aromatic heterocycles. The SMILES string of the molecule is COc1cc(OC2C(C)(C)C(NC(=O)c3ccc(N4CC(N5CCCC6(CCC(n7nc(N8CCCc9cc(-c%10cnn(C)c%10)c(C(F)F)cc98)c8c7CCN(C(C)=O)C8)CC6)C5)C4)cc3)C2(C)C)ccc1C#N. The van der Waals surface area contributed by atoms with E-state index in [2.05, 4.69) is 75.7 Å². The van der Waals surface area contributed by atoms with Crippen LogP contribution in [0.1, 0.15) is 130 Å². The van der Waals surface area contributed by atoms with Gasteiger partial charge in [0.25, 0.3) is 12.3 Å². The maximum atomic E-state index is 14.9. The second-order valence-electron chi connectivity index (χ2n) is 23.3. The summed E-state index contributed by atoms with van der Waals surface area (Å²) >= 11 is 0. The first kappa shape index (κ1) is 49.7. The Bertz CT molecular complexity index is 2980. The van der Waals surface area contributed by atoms with Crippen molar-refractivity contribution in [1.82, 2.24) is 34.7 Å². The van der Waals surface area contributed by atoms with Gasteiger partial charge in [0, 0.05) is 128 Å². The van der Waals surface area contributed by atoms with Crippen molar-refractivity contribution in [2.24, 2.45) is 23.3 Å².